The van der Waals surface area contributed by atoms with E-state index in [-0.39, 0.29) is 25.1 Å². The first-order chi connectivity index (χ1) is 10.1. The Bertz CT molecular complexity index is 573. The molecule has 1 unspecified atom stereocenters. The largest absolute Gasteiger partial charge is 0.375 e. The summed E-state index contributed by atoms with van der Waals surface area (Å²) in [6, 6.07) is 1.18. The SMILES string of the molecule is [3H]CCN[C@@H]1C(OC)[C@H](n2ccc(=O)[nH]c2=O)O[C@@H]1CC. The van der Waals surface area contributed by atoms with E-state index in [1.165, 1.54) is 16.8 Å². The third-order valence-electron chi connectivity index (χ3n) is 3.53. The summed E-state index contributed by atoms with van der Waals surface area (Å²) >= 11 is 0. The number of nitrogens with zero attached hydrogens (tertiary/aromatic N) is 1. The summed E-state index contributed by atoms with van der Waals surface area (Å²) in [7, 11) is 1.56. The minimum Gasteiger partial charge on any atom is -0.375 e. The fourth-order valence-corrected chi connectivity index (χ4v) is 2.61. The van der Waals surface area contributed by atoms with Crippen LogP contribution in [0.2, 0.25) is 0 Å². The van der Waals surface area contributed by atoms with Crippen LogP contribution in [0.25, 0.3) is 0 Å². The molecule has 2 rings (SSSR count). The van der Waals surface area contributed by atoms with Crippen LogP contribution >= 0.6 is 0 Å². The van der Waals surface area contributed by atoms with Gasteiger partial charge in [0.05, 0.1) is 12.1 Å². The summed E-state index contributed by atoms with van der Waals surface area (Å²) in [4.78, 5) is 25.3. The molecule has 112 valence electrons. The molecule has 2 N–H and O–H groups in total. The van der Waals surface area contributed by atoms with Gasteiger partial charge in [0.2, 0.25) is 0 Å². The molecule has 1 fully saturated rings. The van der Waals surface area contributed by atoms with Gasteiger partial charge in [-0.05, 0) is 13.0 Å². The van der Waals surface area contributed by atoms with Crippen LogP contribution in [0.1, 0.15) is 27.8 Å². The van der Waals surface area contributed by atoms with Gasteiger partial charge < -0.3 is 14.8 Å². The predicted octanol–water partition coefficient (Wildman–Crippen LogP) is -0.163. The van der Waals surface area contributed by atoms with Crippen LogP contribution in [0.3, 0.4) is 0 Å². The van der Waals surface area contributed by atoms with Crippen LogP contribution in [0, 0.1) is 0 Å². The highest BCUT2D eigenvalue weighted by Crippen LogP contribution is 2.31. The molecule has 0 aromatic carbocycles. The topological polar surface area (TPSA) is 85.4 Å². The van der Waals surface area contributed by atoms with Gasteiger partial charge in [-0.25, -0.2) is 4.79 Å². The summed E-state index contributed by atoms with van der Waals surface area (Å²) in [6.07, 6.45) is 1.07. The van der Waals surface area contributed by atoms with Crippen LogP contribution < -0.4 is 16.6 Å². The Labute approximate surface area is 118 Å². The van der Waals surface area contributed by atoms with E-state index in [1.54, 1.807) is 7.11 Å². The fraction of sp³-hybridized carbons (Fsp3) is 0.692. The summed E-state index contributed by atoms with van der Waals surface area (Å²) in [5, 5.41) is 3.24. The van der Waals surface area contributed by atoms with Gasteiger partial charge in [0.1, 0.15) is 6.10 Å². The number of rotatable bonds is 5. The third-order valence-corrected chi connectivity index (χ3v) is 3.53. The van der Waals surface area contributed by atoms with Crippen molar-refractivity contribution in [2.75, 3.05) is 13.7 Å². The molecule has 20 heavy (non-hydrogen) atoms. The highest BCUT2D eigenvalue weighted by molar-refractivity contribution is 4.96. The van der Waals surface area contributed by atoms with Gasteiger partial charge in [-0.1, -0.05) is 13.8 Å². The molecule has 1 saturated heterocycles. The summed E-state index contributed by atoms with van der Waals surface area (Å²) < 4.78 is 20.0. The normalized spacial score (nSPS) is 30.4. The summed E-state index contributed by atoms with van der Waals surface area (Å²) in [5.74, 6) is 0. The van der Waals surface area contributed by atoms with E-state index >= 15 is 0 Å². The van der Waals surface area contributed by atoms with Crippen molar-refractivity contribution in [2.24, 2.45) is 0 Å². The van der Waals surface area contributed by atoms with E-state index < -0.39 is 17.5 Å². The molecule has 0 amide bonds. The fourth-order valence-electron chi connectivity index (χ4n) is 2.61. The van der Waals surface area contributed by atoms with Gasteiger partial charge in [0.25, 0.3) is 5.56 Å². The van der Waals surface area contributed by atoms with Gasteiger partial charge in [-0.15, -0.1) is 0 Å². The number of aromatic nitrogens is 2. The highest BCUT2D eigenvalue weighted by atomic mass is 16.6. The van der Waals surface area contributed by atoms with E-state index in [2.05, 4.69) is 10.3 Å². The molecule has 1 aliphatic heterocycles. The summed E-state index contributed by atoms with van der Waals surface area (Å²) in [6.45, 7) is 2.77. The smallest absolute Gasteiger partial charge is 0.330 e. The maximum atomic E-state index is 11.9. The first-order valence-corrected chi connectivity index (χ1v) is 6.64. The number of hydrogen-bond acceptors (Lipinski definition) is 5. The van der Waals surface area contributed by atoms with E-state index in [4.69, 9.17) is 10.8 Å². The Kier molecular flexibility index (Phi) is 4.29. The van der Waals surface area contributed by atoms with Gasteiger partial charge in [-0.3, -0.25) is 14.3 Å². The van der Waals surface area contributed by atoms with Crippen molar-refractivity contribution < 1.29 is 10.8 Å². The molecule has 0 aliphatic carbocycles. The Morgan fingerprint density at radius 3 is 3.00 bits per heavy atom. The number of nitrogens with one attached hydrogen (secondary N) is 2. The second-order valence-electron chi connectivity index (χ2n) is 4.67. The maximum absolute atomic E-state index is 11.9. The first-order valence-electron chi connectivity index (χ1n) is 7.35. The van der Waals surface area contributed by atoms with Crippen LogP contribution in [0.5, 0.6) is 0 Å². The molecule has 1 aromatic heterocycles. The van der Waals surface area contributed by atoms with Crippen molar-refractivity contribution >= 4 is 0 Å². The van der Waals surface area contributed by atoms with E-state index in [0.29, 0.717) is 6.54 Å². The Morgan fingerprint density at radius 2 is 2.40 bits per heavy atom. The van der Waals surface area contributed by atoms with Crippen LogP contribution in [-0.2, 0) is 9.47 Å². The molecule has 1 aromatic rings. The quantitative estimate of drug-likeness (QED) is 0.785. The number of ether oxygens (including phenoxy) is 2. The third kappa shape index (κ3) is 2.70. The number of aromatic amines is 1. The zero-order chi connectivity index (χ0) is 15.4. The molecular weight excluding hydrogens is 262 g/mol. The van der Waals surface area contributed by atoms with Gasteiger partial charge in [0, 0.05) is 20.7 Å². The molecule has 0 saturated carbocycles. The van der Waals surface area contributed by atoms with Gasteiger partial charge >= 0.3 is 5.69 Å². The second kappa shape index (κ2) is 6.34. The van der Waals surface area contributed by atoms with Crippen LogP contribution in [0.15, 0.2) is 21.9 Å². The molecular formula is C13H21N3O4. The minimum absolute atomic E-state index is 0.103. The molecule has 2 heterocycles. The van der Waals surface area contributed by atoms with Crippen molar-refractivity contribution in [3.8, 4) is 0 Å². The van der Waals surface area contributed by atoms with Crippen molar-refractivity contribution in [3.63, 3.8) is 0 Å². The zero-order valence-electron chi connectivity index (χ0n) is 12.7. The van der Waals surface area contributed by atoms with E-state index in [1.807, 2.05) is 6.92 Å². The number of likely N-dealkylation sites (N-methyl/N-ethyl adjacent to an activating group) is 1. The molecule has 7 nitrogen and oxygen atoms in total. The number of H-pyrrole nitrogens is 1. The lowest BCUT2D eigenvalue weighted by Gasteiger charge is -2.23. The molecule has 4 atom stereocenters. The lowest BCUT2D eigenvalue weighted by molar-refractivity contribution is -0.0528. The van der Waals surface area contributed by atoms with Gasteiger partial charge in [-0.2, -0.15) is 0 Å². The predicted molar refractivity (Wildman–Crippen MR) is 73.8 cm³/mol. The van der Waals surface area contributed by atoms with Crippen LogP contribution in [0.4, 0.5) is 0 Å². The molecule has 0 bridgehead atoms. The summed E-state index contributed by atoms with van der Waals surface area (Å²) in [5.41, 5.74) is -0.968. The Morgan fingerprint density at radius 1 is 1.60 bits per heavy atom. The van der Waals surface area contributed by atoms with Gasteiger partial charge in [0.15, 0.2) is 6.23 Å². The second-order valence-corrected chi connectivity index (χ2v) is 4.67. The highest BCUT2D eigenvalue weighted by Gasteiger charge is 2.44. The molecule has 1 aliphatic rings. The Hall–Kier alpha value is -1.44. The van der Waals surface area contributed by atoms with Crippen LogP contribution in [-0.4, -0.2) is 41.5 Å². The maximum Gasteiger partial charge on any atom is 0.330 e. The lowest BCUT2D eigenvalue weighted by atomic mass is 10.0. The van der Waals surface area contributed by atoms with Crippen molar-refractivity contribution in [1.29, 1.82) is 0 Å². The molecule has 7 heteroatoms. The van der Waals surface area contributed by atoms with Crippen molar-refractivity contribution in [2.45, 2.75) is 44.7 Å². The first kappa shape index (κ1) is 13.5. The molecule has 0 radical (unpaired) electrons. The standard InChI is InChI=1S/C13H21N3O4/c1-4-8-10(14-5-2)11(19-3)12(20-8)16-7-6-9(17)15-13(16)18/h6-8,10-12,14H,4-5H2,1-3H3,(H,15,17,18)/t8-,10+,11?,12-/m1/s1/i2T. The number of methoxy groups -OCH3 is 1. The van der Waals surface area contributed by atoms with Crippen molar-refractivity contribution in [3.05, 3.63) is 33.1 Å². The minimum atomic E-state index is -0.604. The average Bonchev–Trinajstić information content (AvgIpc) is 2.82. The van der Waals surface area contributed by atoms with E-state index in [0.717, 1.165) is 6.42 Å². The molecule has 0 spiro atoms. The Balaban J connectivity index is 2.30. The van der Waals surface area contributed by atoms with E-state index in [9.17, 15) is 9.59 Å². The average molecular weight is 285 g/mol. The number of hydrogen-bond donors (Lipinski definition) is 2. The zero-order valence-corrected chi connectivity index (χ0v) is 11.7. The monoisotopic (exact) mass is 285 g/mol. The van der Waals surface area contributed by atoms with Crippen molar-refractivity contribution in [1.82, 2.24) is 14.9 Å². The lowest BCUT2D eigenvalue weighted by Crippen LogP contribution is -2.46.